The smallest absolute Gasteiger partial charge is 0.293 e. The van der Waals surface area contributed by atoms with Gasteiger partial charge in [-0.2, -0.15) is 4.98 Å². The first-order valence-electron chi connectivity index (χ1n) is 6.49. The van der Waals surface area contributed by atoms with Crippen LogP contribution in [0.15, 0.2) is 40.9 Å². The van der Waals surface area contributed by atoms with Crippen LogP contribution in [-0.2, 0) is 11.3 Å². The Morgan fingerprint density at radius 1 is 1.36 bits per heavy atom. The molecule has 8 heteroatoms. The molecule has 3 heterocycles. The molecule has 8 nitrogen and oxygen atoms in total. The van der Waals surface area contributed by atoms with E-state index >= 15 is 0 Å². The van der Waals surface area contributed by atoms with Gasteiger partial charge in [-0.1, -0.05) is 6.07 Å². The van der Waals surface area contributed by atoms with Crippen LogP contribution in [0.5, 0.6) is 0 Å². The number of carbonyl (C=O) groups excluding carboxylic acids is 1. The fraction of sp³-hybridized carbons (Fsp3) is 0.143. The predicted octanol–water partition coefficient (Wildman–Crippen LogP) is 1.86. The number of pyridine rings is 1. The van der Waals surface area contributed by atoms with Gasteiger partial charge in [0.05, 0.1) is 0 Å². The number of H-pyrrole nitrogens is 1. The van der Waals surface area contributed by atoms with Crippen molar-refractivity contribution in [2.75, 3.05) is 12.4 Å². The van der Waals surface area contributed by atoms with E-state index in [0.29, 0.717) is 23.9 Å². The van der Waals surface area contributed by atoms with Gasteiger partial charge in [-0.25, -0.2) is 0 Å². The molecule has 3 rings (SSSR count). The van der Waals surface area contributed by atoms with Gasteiger partial charge in [0, 0.05) is 13.3 Å². The zero-order valence-corrected chi connectivity index (χ0v) is 11.7. The van der Waals surface area contributed by atoms with Crippen molar-refractivity contribution in [3.8, 4) is 11.5 Å². The van der Waals surface area contributed by atoms with E-state index in [2.05, 4.69) is 25.5 Å². The Morgan fingerprint density at radius 2 is 2.27 bits per heavy atom. The van der Waals surface area contributed by atoms with Crippen LogP contribution >= 0.6 is 0 Å². The number of aromatic nitrogens is 4. The number of rotatable bonds is 5. The third-order valence-electron chi connectivity index (χ3n) is 2.79. The summed E-state index contributed by atoms with van der Waals surface area (Å²) in [6, 6.07) is 8.67. The molecule has 3 aromatic heterocycles. The Morgan fingerprint density at radius 3 is 3.05 bits per heavy atom. The SMILES string of the molecule is COCc1ccc(C(=O)Nc2n[nH]c(-c3ccccn3)n2)o1. The van der Waals surface area contributed by atoms with Gasteiger partial charge >= 0.3 is 0 Å². The molecule has 0 bridgehead atoms. The topological polar surface area (TPSA) is 106 Å². The third kappa shape index (κ3) is 3.01. The highest BCUT2D eigenvalue weighted by Gasteiger charge is 2.14. The molecule has 0 aromatic carbocycles. The summed E-state index contributed by atoms with van der Waals surface area (Å²) in [6.45, 7) is 0.303. The maximum absolute atomic E-state index is 12.0. The van der Waals surface area contributed by atoms with E-state index in [1.165, 1.54) is 0 Å². The lowest BCUT2D eigenvalue weighted by molar-refractivity contribution is 0.0986. The first kappa shape index (κ1) is 14.0. The minimum atomic E-state index is -0.436. The number of hydrogen-bond acceptors (Lipinski definition) is 6. The van der Waals surface area contributed by atoms with Crippen LogP contribution in [0, 0.1) is 0 Å². The van der Waals surface area contributed by atoms with E-state index < -0.39 is 5.91 Å². The van der Waals surface area contributed by atoms with Crippen LogP contribution in [-0.4, -0.2) is 33.2 Å². The number of aromatic amines is 1. The molecule has 0 aliphatic rings. The molecule has 0 saturated carbocycles. The Hall–Kier alpha value is -3.00. The van der Waals surface area contributed by atoms with Gasteiger partial charge in [0.2, 0.25) is 5.95 Å². The molecular weight excluding hydrogens is 286 g/mol. The lowest BCUT2D eigenvalue weighted by Crippen LogP contribution is -2.12. The molecule has 1 amide bonds. The summed E-state index contributed by atoms with van der Waals surface area (Å²) in [5.74, 6) is 0.910. The van der Waals surface area contributed by atoms with Crippen molar-refractivity contribution < 1.29 is 13.9 Å². The van der Waals surface area contributed by atoms with Gasteiger partial charge in [-0.3, -0.25) is 20.2 Å². The largest absolute Gasteiger partial charge is 0.453 e. The van der Waals surface area contributed by atoms with Crippen molar-refractivity contribution in [3.63, 3.8) is 0 Å². The first-order valence-corrected chi connectivity index (χ1v) is 6.49. The Balaban J connectivity index is 1.70. The van der Waals surface area contributed by atoms with Crippen molar-refractivity contribution in [3.05, 3.63) is 48.0 Å². The Bertz CT molecular complexity index is 766. The lowest BCUT2D eigenvalue weighted by atomic mass is 10.3. The highest BCUT2D eigenvalue weighted by atomic mass is 16.5. The second kappa shape index (κ2) is 6.19. The average Bonchev–Trinajstić information content (AvgIpc) is 3.18. The summed E-state index contributed by atoms with van der Waals surface area (Å²) >= 11 is 0. The number of nitrogens with one attached hydrogen (secondary N) is 2. The Kier molecular flexibility index (Phi) is 3.92. The van der Waals surface area contributed by atoms with Crippen molar-refractivity contribution in [2.45, 2.75) is 6.61 Å². The van der Waals surface area contributed by atoms with Crippen LogP contribution in [0.4, 0.5) is 5.95 Å². The van der Waals surface area contributed by atoms with Crippen molar-refractivity contribution in [2.24, 2.45) is 0 Å². The number of methoxy groups -OCH3 is 1. The van der Waals surface area contributed by atoms with Crippen molar-refractivity contribution >= 4 is 11.9 Å². The van der Waals surface area contributed by atoms with Crippen LogP contribution in [0.2, 0.25) is 0 Å². The van der Waals surface area contributed by atoms with Crippen molar-refractivity contribution in [1.82, 2.24) is 20.2 Å². The van der Waals surface area contributed by atoms with Gasteiger partial charge < -0.3 is 9.15 Å². The maximum Gasteiger partial charge on any atom is 0.293 e. The van der Waals surface area contributed by atoms with Crippen LogP contribution in [0.1, 0.15) is 16.3 Å². The van der Waals surface area contributed by atoms with E-state index in [-0.39, 0.29) is 11.7 Å². The van der Waals surface area contributed by atoms with E-state index in [1.54, 1.807) is 37.6 Å². The highest BCUT2D eigenvalue weighted by Crippen LogP contribution is 2.14. The van der Waals surface area contributed by atoms with Gasteiger partial charge in [0.25, 0.3) is 5.91 Å². The molecule has 2 N–H and O–H groups in total. The molecule has 112 valence electrons. The monoisotopic (exact) mass is 299 g/mol. The quantitative estimate of drug-likeness (QED) is 0.744. The number of hydrogen-bond donors (Lipinski definition) is 2. The number of furan rings is 1. The molecule has 0 aliphatic carbocycles. The molecule has 0 unspecified atom stereocenters. The summed E-state index contributed by atoms with van der Waals surface area (Å²) in [4.78, 5) is 20.3. The molecule has 3 aromatic rings. The maximum atomic E-state index is 12.0. The van der Waals surface area contributed by atoms with Gasteiger partial charge in [-0.15, -0.1) is 5.10 Å². The van der Waals surface area contributed by atoms with Crippen molar-refractivity contribution in [1.29, 1.82) is 0 Å². The summed E-state index contributed by atoms with van der Waals surface area (Å²) < 4.78 is 10.3. The molecule has 0 spiro atoms. The second-order valence-corrected chi connectivity index (χ2v) is 4.38. The second-order valence-electron chi connectivity index (χ2n) is 4.38. The molecule has 0 fully saturated rings. The number of anilines is 1. The van der Waals surface area contributed by atoms with E-state index in [1.807, 2.05) is 6.07 Å². The summed E-state index contributed by atoms with van der Waals surface area (Å²) in [7, 11) is 1.55. The third-order valence-corrected chi connectivity index (χ3v) is 2.79. The number of nitrogens with zero attached hydrogens (tertiary/aromatic N) is 3. The average molecular weight is 299 g/mol. The van der Waals surface area contributed by atoms with Gasteiger partial charge in [0.1, 0.15) is 18.1 Å². The molecular formula is C14H13N5O3. The fourth-order valence-electron chi connectivity index (χ4n) is 1.82. The van der Waals surface area contributed by atoms with E-state index in [0.717, 1.165) is 0 Å². The summed E-state index contributed by atoms with van der Waals surface area (Å²) in [6.07, 6.45) is 1.65. The first-order chi connectivity index (χ1) is 10.8. The number of carbonyl (C=O) groups is 1. The minimum Gasteiger partial charge on any atom is -0.453 e. The molecule has 0 aliphatic heterocycles. The number of amides is 1. The van der Waals surface area contributed by atoms with E-state index in [4.69, 9.17) is 9.15 Å². The molecule has 0 atom stereocenters. The van der Waals surface area contributed by atoms with Crippen LogP contribution < -0.4 is 5.32 Å². The van der Waals surface area contributed by atoms with E-state index in [9.17, 15) is 4.79 Å². The standard InChI is InChI=1S/C14H13N5O3/c1-21-8-9-5-6-11(22-9)13(20)17-14-16-12(18-19-14)10-4-2-3-7-15-10/h2-7H,8H2,1H3,(H2,16,17,18,19,20). The summed E-state index contributed by atoms with van der Waals surface area (Å²) in [5, 5.41) is 9.19. The molecule has 22 heavy (non-hydrogen) atoms. The molecule has 0 radical (unpaired) electrons. The minimum absolute atomic E-state index is 0.148. The normalized spacial score (nSPS) is 10.6. The van der Waals surface area contributed by atoms with Gasteiger partial charge in [-0.05, 0) is 24.3 Å². The zero-order valence-electron chi connectivity index (χ0n) is 11.7. The summed E-state index contributed by atoms with van der Waals surface area (Å²) in [5.41, 5.74) is 0.635. The Labute approximate surface area is 125 Å². The van der Waals surface area contributed by atoms with Crippen LogP contribution in [0.3, 0.4) is 0 Å². The molecule has 0 saturated heterocycles. The van der Waals surface area contributed by atoms with Gasteiger partial charge in [0.15, 0.2) is 11.6 Å². The lowest BCUT2D eigenvalue weighted by Gasteiger charge is -1.97. The zero-order chi connectivity index (χ0) is 15.4. The highest BCUT2D eigenvalue weighted by molar-refractivity contribution is 6.01. The van der Waals surface area contributed by atoms with Crippen LogP contribution in [0.25, 0.3) is 11.5 Å². The predicted molar refractivity (Wildman–Crippen MR) is 77.0 cm³/mol. The number of ether oxygens (including phenoxy) is 1. The fourth-order valence-corrected chi connectivity index (χ4v) is 1.82.